The van der Waals surface area contributed by atoms with E-state index in [0.717, 1.165) is 6.08 Å². The van der Waals surface area contributed by atoms with E-state index in [1.165, 1.54) is 19.1 Å². The van der Waals surface area contributed by atoms with E-state index >= 15 is 0 Å². The highest BCUT2D eigenvalue weighted by molar-refractivity contribution is 5.71. The third-order valence-corrected chi connectivity index (χ3v) is 2.29. The van der Waals surface area contributed by atoms with Gasteiger partial charge in [0.05, 0.1) is 12.3 Å². The number of allylic oxidation sites excluding steroid dienone is 3. The summed E-state index contributed by atoms with van der Waals surface area (Å²) in [7, 11) is 0. The Morgan fingerprint density at radius 3 is 2.53 bits per heavy atom. The number of halogens is 3. The zero-order valence-corrected chi connectivity index (χ0v) is 8.08. The lowest BCUT2D eigenvalue weighted by Gasteiger charge is -2.24. The molecule has 0 aromatic rings. The number of alkyl halides is 3. The molecule has 0 amide bonds. The number of rotatable bonds is 2. The molecule has 0 saturated heterocycles. The van der Waals surface area contributed by atoms with Crippen LogP contribution in [-0.2, 0) is 4.79 Å². The first-order valence-electron chi connectivity index (χ1n) is 4.48. The van der Waals surface area contributed by atoms with Gasteiger partial charge in [0.2, 0.25) is 0 Å². The standard InChI is InChI=1S/C10H11F3O2/c1-6-4-7(5-9(14)15)2-3-8(6)10(11,12)13/h2-4,6,8H,5H2,1H3,(H,14,15). The number of hydrogen-bond acceptors (Lipinski definition) is 1. The van der Waals surface area contributed by atoms with Crippen LogP contribution in [-0.4, -0.2) is 17.3 Å². The molecular weight excluding hydrogens is 209 g/mol. The zero-order chi connectivity index (χ0) is 11.6. The lowest BCUT2D eigenvalue weighted by Crippen LogP contribution is -2.28. The molecule has 1 aliphatic carbocycles. The van der Waals surface area contributed by atoms with Crippen molar-refractivity contribution in [3.8, 4) is 0 Å². The Bertz CT molecular complexity index is 315. The minimum atomic E-state index is -4.26. The highest BCUT2D eigenvalue weighted by atomic mass is 19.4. The van der Waals surface area contributed by atoms with Crippen molar-refractivity contribution in [1.29, 1.82) is 0 Å². The molecule has 0 saturated carbocycles. The predicted octanol–water partition coefficient (Wildman–Crippen LogP) is 2.77. The molecule has 1 rings (SSSR count). The second-order valence-corrected chi connectivity index (χ2v) is 3.60. The predicted molar refractivity (Wildman–Crippen MR) is 48.2 cm³/mol. The summed E-state index contributed by atoms with van der Waals surface area (Å²) in [4.78, 5) is 10.4. The average Bonchev–Trinajstić information content (AvgIpc) is 1.99. The summed E-state index contributed by atoms with van der Waals surface area (Å²) in [6.45, 7) is 1.43. The monoisotopic (exact) mass is 220 g/mol. The summed E-state index contributed by atoms with van der Waals surface area (Å²) < 4.78 is 37.2. The molecule has 0 aromatic heterocycles. The molecule has 2 unspecified atom stereocenters. The van der Waals surface area contributed by atoms with E-state index in [2.05, 4.69) is 0 Å². The van der Waals surface area contributed by atoms with Gasteiger partial charge in [-0.2, -0.15) is 13.2 Å². The van der Waals surface area contributed by atoms with Crippen molar-refractivity contribution < 1.29 is 23.1 Å². The smallest absolute Gasteiger partial charge is 0.395 e. The van der Waals surface area contributed by atoms with E-state index in [0.29, 0.717) is 5.57 Å². The van der Waals surface area contributed by atoms with Crippen molar-refractivity contribution in [2.75, 3.05) is 0 Å². The van der Waals surface area contributed by atoms with Crippen LogP contribution in [0.4, 0.5) is 13.2 Å². The molecule has 0 heterocycles. The molecule has 0 radical (unpaired) electrons. The van der Waals surface area contributed by atoms with E-state index in [-0.39, 0.29) is 6.42 Å². The van der Waals surface area contributed by atoms with E-state index in [9.17, 15) is 18.0 Å². The Hall–Kier alpha value is -1.26. The van der Waals surface area contributed by atoms with Crippen molar-refractivity contribution >= 4 is 5.97 Å². The molecule has 0 bridgehead atoms. The van der Waals surface area contributed by atoms with Gasteiger partial charge >= 0.3 is 12.1 Å². The van der Waals surface area contributed by atoms with Gasteiger partial charge in [0.15, 0.2) is 0 Å². The second kappa shape index (κ2) is 4.08. The molecule has 2 atom stereocenters. The van der Waals surface area contributed by atoms with Gasteiger partial charge in [0.1, 0.15) is 0 Å². The number of carboxylic acids is 1. The van der Waals surface area contributed by atoms with Crippen LogP contribution in [0.5, 0.6) is 0 Å². The van der Waals surface area contributed by atoms with Crippen LogP contribution in [0.15, 0.2) is 23.8 Å². The van der Waals surface area contributed by atoms with Gasteiger partial charge in [0.25, 0.3) is 0 Å². The van der Waals surface area contributed by atoms with Crippen LogP contribution in [0.2, 0.25) is 0 Å². The number of carboxylic acid groups (broad SMARTS) is 1. The maximum atomic E-state index is 12.4. The van der Waals surface area contributed by atoms with E-state index < -0.39 is 24.0 Å². The summed E-state index contributed by atoms with van der Waals surface area (Å²) >= 11 is 0. The lowest BCUT2D eigenvalue weighted by atomic mass is 9.86. The van der Waals surface area contributed by atoms with Gasteiger partial charge in [-0.05, 0) is 11.5 Å². The first-order valence-corrected chi connectivity index (χ1v) is 4.48. The zero-order valence-electron chi connectivity index (χ0n) is 8.08. The Balaban J connectivity index is 2.75. The summed E-state index contributed by atoms with van der Waals surface area (Å²) in [5.41, 5.74) is 0.426. The van der Waals surface area contributed by atoms with Gasteiger partial charge in [-0.3, -0.25) is 4.79 Å². The maximum absolute atomic E-state index is 12.4. The lowest BCUT2D eigenvalue weighted by molar-refractivity contribution is -0.169. The Morgan fingerprint density at radius 1 is 1.53 bits per heavy atom. The third-order valence-electron chi connectivity index (χ3n) is 2.29. The molecule has 5 heteroatoms. The van der Waals surface area contributed by atoms with Gasteiger partial charge in [0, 0.05) is 0 Å². The molecule has 0 fully saturated rings. The van der Waals surface area contributed by atoms with Crippen LogP contribution in [0, 0.1) is 11.8 Å². The normalized spacial score (nSPS) is 26.3. The molecular formula is C10H11F3O2. The molecule has 0 aliphatic heterocycles. The Morgan fingerprint density at radius 2 is 2.13 bits per heavy atom. The third kappa shape index (κ3) is 3.11. The number of hydrogen-bond donors (Lipinski definition) is 1. The summed E-state index contributed by atoms with van der Waals surface area (Å²) in [5, 5.41) is 8.48. The van der Waals surface area contributed by atoms with Crippen molar-refractivity contribution in [3.63, 3.8) is 0 Å². The second-order valence-electron chi connectivity index (χ2n) is 3.60. The molecule has 15 heavy (non-hydrogen) atoms. The van der Waals surface area contributed by atoms with Gasteiger partial charge in [-0.25, -0.2) is 0 Å². The molecule has 0 aromatic carbocycles. The average molecular weight is 220 g/mol. The molecule has 1 aliphatic rings. The van der Waals surface area contributed by atoms with Crippen LogP contribution in [0.3, 0.4) is 0 Å². The highest BCUT2D eigenvalue weighted by Gasteiger charge is 2.41. The fourth-order valence-electron chi connectivity index (χ4n) is 1.60. The summed E-state index contributed by atoms with van der Waals surface area (Å²) in [6.07, 6.45) is -0.853. The first kappa shape index (κ1) is 11.8. The van der Waals surface area contributed by atoms with E-state index in [4.69, 9.17) is 5.11 Å². The van der Waals surface area contributed by atoms with Gasteiger partial charge in [-0.1, -0.05) is 25.2 Å². The van der Waals surface area contributed by atoms with Crippen LogP contribution in [0.1, 0.15) is 13.3 Å². The van der Waals surface area contributed by atoms with Crippen molar-refractivity contribution in [1.82, 2.24) is 0 Å². The Kier molecular flexibility index (Phi) is 3.21. The highest BCUT2D eigenvalue weighted by Crippen LogP contribution is 2.37. The SMILES string of the molecule is CC1C=C(CC(=O)O)C=CC1C(F)(F)F. The molecule has 84 valence electrons. The van der Waals surface area contributed by atoms with E-state index in [1.54, 1.807) is 0 Å². The Labute approximate surface area is 85.1 Å². The summed E-state index contributed by atoms with van der Waals surface area (Å²) in [6, 6.07) is 0. The van der Waals surface area contributed by atoms with Crippen LogP contribution >= 0.6 is 0 Å². The fraction of sp³-hybridized carbons (Fsp3) is 0.500. The number of aliphatic carboxylic acids is 1. The van der Waals surface area contributed by atoms with E-state index in [1.807, 2.05) is 0 Å². The molecule has 0 spiro atoms. The van der Waals surface area contributed by atoms with Crippen LogP contribution in [0.25, 0.3) is 0 Å². The van der Waals surface area contributed by atoms with Crippen LogP contribution < -0.4 is 0 Å². The minimum Gasteiger partial charge on any atom is -0.481 e. The molecule has 2 nitrogen and oxygen atoms in total. The van der Waals surface area contributed by atoms with Crippen molar-refractivity contribution in [3.05, 3.63) is 23.8 Å². The van der Waals surface area contributed by atoms with Gasteiger partial charge in [-0.15, -0.1) is 0 Å². The van der Waals surface area contributed by atoms with Crippen molar-refractivity contribution in [2.24, 2.45) is 11.8 Å². The molecule has 1 N–H and O–H groups in total. The first-order chi connectivity index (χ1) is 6.80. The largest absolute Gasteiger partial charge is 0.481 e. The fourth-order valence-corrected chi connectivity index (χ4v) is 1.60. The quantitative estimate of drug-likeness (QED) is 0.776. The summed E-state index contributed by atoms with van der Waals surface area (Å²) in [5.74, 6) is -3.25. The topological polar surface area (TPSA) is 37.3 Å². The maximum Gasteiger partial charge on any atom is 0.395 e. The van der Waals surface area contributed by atoms with Crippen molar-refractivity contribution in [2.45, 2.75) is 19.5 Å². The number of carbonyl (C=O) groups is 1. The van der Waals surface area contributed by atoms with Gasteiger partial charge < -0.3 is 5.11 Å². The minimum absolute atomic E-state index is 0.231.